The molecule has 0 aromatic rings. The van der Waals surface area contributed by atoms with Crippen LogP contribution in [0.2, 0.25) is 0 Å². The summed E-state index contributed by atoms with van der Waals surface area (Å²) in [5, 5.41) is 12.5. The summed E-state index contributed by atoms with van der Waals surface area (Å²) in [7, 11) is 0. The predicted molar refractivity (Wildman–Crippen MR) is 89.7 cm³/mol. The Morgan fingerprint density at radius 3 is 2.50 bits per heavy atom. The van der Waals surface area contributed by atoms with Gasteiger partial charge in [0.25, 0.3) is 0 Å². The van der Waals surface area contributed by atoms with E-state index in [0.29, 0.717) is 25.4 Å². The third-order valence-corrected chi connectivity index (χ3v) is 5.84. The average molecular weight is 341 g/mol. The van der Waals surface area contributed by atoms with Crippen LogP contribution < -0.4 is 5.32 Å². The zero-order valence-electron chi connectivity index (χ0n) is 15.1. The molecule has 1 amide bonds. The molecule has 2 atom stereocenters. The molecular formula is C18H31NO5. The third-order valence-electron chi connectivity index (χ3n) is 5.84. The Morgan fingerprint density at radius 1 is 1.29 bits per heavy atom. The molecule has 2 N–H and O–H groups in total. The van der Waals surface area contributed by atoms with Gasteiger partial charge >= 0.3 is 5.97 Å². The normalized spacial score (nSPS) is 29.7. The quantitative estimate of drug-likeness (QED) is 0.708. The molecule has 138 valence electrons. The maximum atomic E-state index is 12.3. The number of rotatable bonds is 8. The molecular weight excluding hydrogens is 310 g/mol. The van der Waals surface area contributed by atoms with Crippen molar-refractivity contribution in [3.63, 3.8) is 0 Å². The fourth-order valence-corrected chi connectivity index (χ4v) is 3.92. The Morgan fingerprint density at radius 2 is 1.96 bits per heavy atom. The van der Waals surface area contributed by atoms with E-state index in [1.807, 2.05) is 20.8 Å². The van der Waals surface area contributed by atoms with Gasteiger partial charge in [-0.05, 0) is 38.5 Å². The van der Waals surface area contributed by atoms with Crippen LogP contribution in [0.25, 0.3) is 0 Å². The van der Waals surface area contributed by atoms with Crippen LogP contribution >= 0.6 is 0 Å². The molecule has 2 rings (SSSR count). The molecule has 1 saturated carbocycles. The first-order valence-corrected chi connectivity index (χ1v) is 9.07. The van der Waals surface area contributed by atoms with Crippen molar-refractivity contribution in [3.05, 3.63) is 0 Å². The fourth-order valence-electron chi connectivity index (χ4n) is 3.92. The van der Waals surface area contributed by atoms with E-state index in [9.17, 15) is 14.7 Å². The van der Waals surface area contributed by atoms with E-state index < -0.39 is 16.9 Å². The van der Waals surface area contributed by atoms with Crippen LogP contribution in [0.1, 0.15) is 59.3 Å². The van der Waals surface area contributed by atoms with Gasteiger partial charge in [0.1, 0.15) is 5.54 Å². The van der Waals surface area contributed by atoms with Crippen molar-refractivity contribution in [1.29, 1.82) is 0 Å². The van der Waals surface area contributed by atoms with E-state index in [2.05, 4.69) is 5.32 Å². The number of hydrogen-bond donors (Lipinski definition) is 2. The zero-order chi connectivity index (χ0) is 17.8. The third kappa shape index (κ3) is 3.75. The molecule has 1 aliphatic heterocycles. The van der Waals surface area contributed by atoms with Crippen LogP contribution in [-0.2, 0) is 19.1 Å². The SMILES string of the molecule is CCOC1CC(NC(=O)CCCC2CCOCC2)(C(=O)O)C1(C)C. The molecule has 0 aromatic heterocycles. The van der Waals surface area contributed by atoms with Crippen LogP contribution in [0.3, 0.4) is 0 Å². The van der Waals surface area contributed by atoms with Gasteiger partial charge in [-0.25, -0.2) is 4.79 Å². The molecule has 0 spiro atoms. The standard InChI is InChI=1S/C18H31NO5/c1-4-24-14-12-18(16(21)22,17(14,2)3)19-15(20)7-5-6-13-8-10-23-11-9-13/h13-14H,4-12H2,1-3H3,(H,19,20)(H,21,22). The van der Waals surface area contributed by atoms with Crippen molar-refractivity contribution >= 4 is 11.9 Å². The summed E-state index contributed by atoms with van der Waals surface area (Å²) in [5.41, 5.74) is -1.84. The lowest BCUT2D eigenvalue weighted by Crippen LogP contribution is -2.76. The summed E-state index contributed by atoms with van der Waals surface area (Å²) in [5.74, 6) is -0.517. The monoisotopic (exact) mass is 341 g/mol. The first-order valence-electron chi connectivity index (χ1n) is 9.07. The lowest BCUT2D eigenvalue weighted by Gasteiger charge is -2.58. The van der Waals surface area contributed by atoms with Crippen LogP contribution in [0.4, 0.5) is 0 Å². The zero-order valence-corrected chi connectivity index (χ0v) is 15.1. The highest BCUT2D eigenvalue weighted by Crippen LogP contribution is 2.51. The summed E-state index contributed by atoms with van der Waals surface area (Å²) in [6, 6.07) is 0. The Labute approximate surface area is 144 Å². The first kappa shape index (κ1) is 19.2. The van der Waals surface area contributed by atoms with Gasteiger partial charge in [-0.15, -0.1) is 0 Å². The number of carbonyl (C=O) groups excluding carboxylic acids is 1. The largest absolute Gasteiger partial charge is 0.479 e. The molecule has 2 aliphatic rings. The Kier molecular flexibility index (Phi) is 6.26. The number of carbonyl (C=O) groups is 2. The van der Waals surface area contributed by atoms with E-state index >= 15 is 0 Å². The van der Waals surface area contributed by atoms with Gasteiger partial charge in [-0.3, -0.25) is 4.79 Å². The minimum atomic E-state index is -1.22. The number of amides is 1. The average Bonchev–Trinajstić information content (AvgIpc) is 2.54. The van der Waals surface area contributed by atoms with Crippen molar-refractivity contribution in [2.75, 3.05) is 19.8 Å². The number of hydrogen-bond acceptors (Lipinski definition) is 4. The highest BCUT2D eigenvalue weighted by Gasteiger charge is 2.66. The van der Waals surface area contributed by atoms with Crippen molar-refractivity contribution < 1.29 is 24.2 Å². The second-order valence-corrected chi connectivity index (χ2v) is 7.58. The highest BCUT2D eigenvalue weighted by atomic mass is 16.5. The number of carboxylic acid groups (broad SMARTS) is 1. The summed E-state index contributed by atoms with van der Waals surface area (Å²) >= 11 is 0. The Balaban J connectivity index is 1.84. The molecule has 1 saturated heterocycles. The minimum absolute atomic E-state index is 0.138. The van der Waals surface area contributed by atoms with E-state index in [0.717, 1.165) is 38.9 Å². The maximum Gasteiger partial charge on any atom is 0.330 e. The maximum absolute atomic E-state index is 12.3. The molecule has 2 fully saturated rings. The molecule has 2 unspecified atom stereocenters. The fraction of sp³-hybridized carbons (Fsp3) is 0.889. The van der Waals surface area contributed by atoms with Crippen molar-refractivity contribution in [3.8, 4) is 0 Å². The van der Waals surface area contributed by atoms with Gasteiger partial charge < -0.3 is 19.9 Å². The Bertz CT molecular complexity index is 458. The molecule has 0 aromatic carbocycles. The van der Waals surface area contributed by atoms with Gasteiger partial charge in [0.2, 0.25) is 5.91 Å². The molecule has 1 heterocycles. The molecule has 24 heavy (non-hydrogen) atoms. The Hall–Kier alpha value is -1.14. The van der Waals surface area contributed by atoms with Crippen LogP contribution in [0.5, 0.6) is 0 Å². The second kappa shape index (κ2) is 7.83. The number of ether oxygens (including phenoxy) is 2. The van der Waals surface area contributed by atoms with Gasteiger partial charge in [0.15, 0.2) is 0 Å². The van der Waals surface area contributed by atoms with E-state index in [1.165, 1.54) is 0 Å². The van der Waals surface area contributed by atoms with Crippen LogP contribution in [0, 0.1) is 11.3 Å². The van der Waals surface area contributed by atoms with Gasteiger partial charge in [-0.1, -0.05) is 13.8 Å². The highest BCUT2D eigenvalue weighted by molar-refractivity contribution is 5.89. The van der Waals surface area contributed by atoms with Crippen LogP contribution in [0.15, 0.2) is 0 Å². The van der Waals surface area contributed by atoms with Gasteiger partial charge in [-0.2, -0.15) is 0 Å². The summed E-state index contributed by atoms with van der Waals surface area (Å²) in [6.45, 7) is 7.77. The van der Waals surface area contributed by atoms with Crippen molar-refractivity contribution in [2.45, 2.75) is 70.9 Å². The first-order chi connectivity index (χ1) is 11.3. The number of aliphatic carboxylic acids is 1. The number of carboxylic acids is 1. The predicted octanol–water partition coefficient (Wildman–Crippen LogP) is 2.36. The molecule has 6 nitrogen and oxygen atoms in total. The number of nitrogens with one attached hydrogen (secondary N) is 1. The lowest BCUT2D eigenvalue weighted by atomic mass is 9.54. The topological polar surface area (TPSA) is 84.9 Å². The minimum Gasteiger partial charge on any atom is -0.479 e. The van der Waals surface area contributed by atoms with E-state index in [4.69, 9.17) is 9.47 Å². The molecule has 0 radical (unpaired) electrons. The smallest absolute Gasteiger partial charge is 0.330 e. The summed E-state index contributed by atoms with van der Waals surface area (Å²) in [4.78, 5) is 24.2. The molecule has 6 heteroatoms. The molecule has 0 bridgehead atoms. The van der Waals surface area contributed by atoms with Crippen molar-refractivity contribution in [1.82, 2.24) is 5.32 Å². The lowest BCUT2D eigenvalue weighted by molar-refractivity contribution is -0.194. The van der Waals surface area contributed by atoms with Gasteiger partial charge in [0, 0.05) is 38.1 Å². The van der Waals surface area contributed by atoms with Crippen LogP contribution in [-0.4, -0.2) is 48.4 Å². The van der Waals surface area contributed by atoms with Crippen molar-refractivity contribution in [2.24, 2.45) is 11.3 Å². The molecule has 1 aliphatic carbocycles. The van der Waals surface area contributed by atoms with E-state index in [-0.39, 0.29) is 12.0 Å². The second-order valence-electron chi connectivity index (χ2n) is 7.58. The summed E-state index contributed by atoms with van der Waals surface area (Å²) < 4.78 is 11.0. The summed E-state index contributed by atoms with van der Waals surface area (Å²) in [6.07, 6.45) is 4.48. The van der Waals surface area contributed by atoms with E-state index in [1.54, 1.807) is 0 Å². The van der Waals surface area contributed by atoms with Gasteiger partial charge in [0.05, 0.1) is 6.10 Å².